The van der Waals surface area contributed by atoms with E-state index in [1.165, 1.54) is 6.92 Å². The number of carbonyl (C=O) groups excluding carboxylic acids is 1. The number of piperazine rings is 1. The van der Waals surface area contributed by atoms with E-state index in [9.17, 15) is 9.90 Å². The predicted octanol–water partition coefficient (Wildman–Crippen LogP) is 2.13. The van der Waals surface area contributed by atoms with Gasteiger partial charge in [0.05, 0.1) is 5.56 Å². The Morgan fingerprint density at radius 3 is 2.74 bits per heavy atom. The summed E-state index contributed by atoms with van der Waals surface area (Å²) in [4.78, 5) is 16.0. The number of hydrogen-bond acceptors (Lipinski definition) is 4. The number of rotatable bonds is 3. The van der Waals surface area contributed by atoms with E-state index in [-0.39, 0.29) is 11.5 Å². The Labute approximate surface area is 114 Å². The predicted molar refractivity (Wildman–Crippen MR) is 77.0 cm³/mol. The SMILES string of the molecule is CCC1CN(c2ccc(C(C)=O)c(O)c2)CCN1C. The highest BCUT2D eigenvalue weighted by molar-refractivity contribution is 5.97. The van der Waals surface area contributed by atoms with Gasteiger partial charge in [-0.15, -0.1) is 0 Å². The van der Waals surface area contributed by atoms with Gasteiger partial charge >= 0.3 is 0 Å². The van der Waals surface area contributed by atoms with E-state index < -0.39 is 0 Å². The summed E-state index contributed by atoms with van der Waals surface area (Å²) in [6, 6.07) is 5.89. The van der Waals surface area contributed by atoms with Gasteiger partial charge in [-0.05, 0) is 32.5 Å². The molecule has 0 radical (unpaired) electrons. The van der Waals surface area contributed by atoms with Crippen molar-refractivity contribution < 1.29 is 9.90 Å². The first-order valence-electron chi connectivity index (χ1n) is 6.82. The number of benzene rings is 1. The molecule has 0 saturated carbocycles. The first kappa shape index (κ1) is 13.9. The number of likely N-dealkylation sites (N-methyl/N-ethyl adjacent to an activating group) is 1. The van der Waals surface area contributed by atoms with Gasteiger partial charge in [-0.2, -0.15) is 0 Å². The molecule has 4 nitrogen and oxygen atoms in total. The van der Waals surface area contributed by atoms with E-state index in [2.05, 4.69) is 23.8 Å². The summed E-state index contributed by atoms with van der Waals surface area (Å²) in [7, 11) is 2.15. The average Bonchev–Trinajstić information content (AvgIpc) is 2.38. The second-order valence-corrected chi connectivity index (χ2v) is 5.25. The Morgan fingerprint density at radius 1 is 1.42 bits per heavy atom. The Hall–Kier alpha value is -1.55. The number of nitrogens with zero attached hydrogens (tertiary/aromatic N) is 2. The summed E-state index contributed by atoms with van der Waals surface area (Å²) >= 11 is 0. The summed E-state index contributed by atoms with van der Waals surface area (Å²) in [6.07, 6.45) is 1.12. The number of anilines is 1. The van der Waals surface area contributed by atoms with Crippen molar-refractivity contribution >= 4 is 11.5 Å². The van der Waals surface area contributed by atoms with Gasteiger partial charge < -0.3 is 10.0 Å². The molecule has 19 heavy (non-hydrogen) atoms. The normalized spacial score (nSPS) is 20.6. The van der Waals surface area contributed by atoms with Crippen molar-refractivity contribution in [2.24, 2.45) is 0 Å². The van der Waals surface area contributed by atoms with Gasteiger partial charge in [-0.1, -0.05) is 6.92 Å². The zero-order chi connectivity index (χ0) is 14.0. The molecule has 0 aromatic heterocycles. The van der Waals surface area contributed by atoms with Gasteiger partial charge in [0.1, 0.15) is 5.75 Å². The van der Waals surface area contributed by atoms with Crippen molar-refractivity contribution in [1.29, 1.82) is 0 Å². The molecule has 0 aliphatic carbocycles. The highest BCUT2D eigenvalue weighted by Gasteiger charge is 2.23. The second-order valence-electron chi connectivity index (χ2n) is 5.25. The van der Waals surface area contributed by atoms with Crippen LogP contribution in [0.1, 0.15) is 30.6 Å². The van der Waals surface area contributed by atoms with Crippen molar-refractivity contribution in [2.45, 2.75) is 26.3 Å². The summed E-state index contributed by atoms with van der Waals surface area (Å²) in [6.45, 7) is 6.60. The lowest BCUT2D eigenvalue weighted by Crippen LogP contribution is -2.51. The van der Waals surface area contributed by atoms with E-state index in [0.29, 0.717) is 11.6 Å². The molecule has 1 fully saturated rings. The van der Waals surface area contributed by atoms with Crippen LogP contribution in [0.2, 0.25) is 0 Å². The molecule has 0 amide bonds. The van der Waals surface area contributed by atoms with Crippen molar-refractivity contribution in [3.8, 4) is 5.75 Å². The molecule has 1 aliphatic heterocycles. The summed E-state index contributed by atoms with van der Waals surface area (Å²) in [5.74, 6) is -0.0224. The molecule has 4 heteroatoms. The number of Topliss-reactive ketones (excluding diaryl/α,β-unsaturated/α-hetero) is 1. The van der Waals surface area contributed by atoms with E-state index >= 15 is 0 Å². The molecular formula is C15H22N2O2. The third-order valence-corrected chi connectivity index (χ3v) is 3.97. The summed E-state index contributed by atoms with van der Waals surface area (Å²) in [5, 5.41) is 9.91. The number of carbonyl (C=O) groups is 1. The second kappa shape index (κ2) is 5.61. The number of phenolic OH excluding ortho intramolecular Hbond substituents is 1. The monoisotopic (exact) mass is 262 g/mol. The fraction of sp³-hybridized carbons (Fsp3) is 0.533. The van der Waals surface area contributed by atoms with Crippen LogP contribution in [0.15, 0.2) is 18.2 Å². The lowest BCUT2D eigenvalue weighted by molar-refractivity contribution is 0.101. The van der Waals surface area contributed by atoms with E-state index in [4.69, 9.17) is 0 Å². The first-order chi connectivity index (χ1) is 9.02. The largest absolute Gasteiger partial charge is 0.507 e. The highest BCUT2D eigenvalue weighted by atomic mass is 16.3. The van der Waals surface area contributed by atoms with Crippen LogP contribution in [0.4, 0.5) is 5.69 Å². The minimum Gasteiger partial charge on any atom is -0.507 e. The molecule has 1 atom stereocenters. The highest BCUT2D eigenvalue weighted by Crippen LogP contribution is 2.27. The Morgan fingerprint density at radius 2 is 2.16 bits per heavy atom. The third kappa shape index (κ3) is 2.89. The van der Waals surface area contributed by atoms with Crippen molar-refractivity contribution in [3.05, 3.63) is 23.8 Å². The van der Waals surface area contributed by atoms with Crippen LogP contribution in [0, 0.1) is 0 Å². The summed E-state index contributed by atoms with van der Waals surface area (Å²) < 4.78 is 0. The maximum atomic E-state index is 11.3. The summed E-state index contributed by atoms with van der Waals surface area (Å²) in [5.41, 5.74) is 1.39. The number of aromatic hydroxyl groups is 1. The minimum absolute atomic E-state index is 0.0805. The molecule has 1 aromatic rings. The smallest absolute Gasteiger partial charge is 0.163 e. The van der Waals surface area contributed by atoms with Gasteiger partial charge in [0.15, 0.2) is 5.78 Å². The molecule has 1 saturated heterocycles. The van der Waals surface area contributed by atoms with Crippen LogP contribution < -0.4 is 4.90 Å². The molecule has 2 rings (SSSR count). The fourth-order valence-electron chi connectivity index (χ4n) is 2.64. The third-order valence-electron chi connectivity index (χ3n) is 3.97. The average molecular weight is 262 g/mol. The number of ketones is 1. The lowest BCUT2D eigenvalue weighted by Gasteiger charge is -2.40. The lowest BCUT2D eigenvalue weighted by atomic mass is 10.1. The van der Waals surface area contributed by atoms with Gasteiger partial charge in [0.2, 0.25) is 0 Å². The molecule has 1 aliphatic rings. The quantitative estimate of drug-likeness (QED) is 0.847. The molecule has 1 N–H and O–H groups in total. The van der Waals surface area contributed by atoms with Crippen LogP contribution in [-0.2, 0) is 0 Å². The molecule has 0 spiro atoms. The molecular weight excluding hydrogens is 240 g/mol. The number of phenols is 1. The Balaban J connectivity index is 2.18. The van der Waals surface area contributed by atoms with Crippen molar-refractivity contribution in [1.82, 2.24) is 4.90 Å². The van der Waals surface area contributed by atoms with Crippen LogP contribution in [0.25, 0.3) is 0 Å². The standard InChI is InChI=1S/C15H22N2O2/c1-4-12-10-17(8-7-16(12)3)13-5-6-14(11(2)18)15(19)9-13/h5-6,9,12,19H,4,7-8,10H2,1-3H3. The zero-order valence-electron chi connectivity index (χ0n) is 11.9. The van der Waals surface area contributed by atoms with Crippen molar-refractivity contribution in [3.63, 3.8) is 0 Å². The van der Waals surface area contributed by atoms with Gasteiger partial charge in [-0.25, -0.2) is 0 Å². The Kier molecular flexibility index (Phi) is 4.10. The molecule has 1 heterocycles. The van der Waals surface area contributed by atoms with Gasteiger partial charge in [0, 0.05) is 37.4 Å². The maximum absolute atomic E-state index is 11.3. The zero-order valence-corrected chi connectivity index (χ0v) is 11.9. The molecule has 104 valence electrons. The van der Waals surface area contributed by atoms with Crippen molar-refractivity contribution in [2.75, 3.05) is 31.6 Å². The minimum atomic E-state index is -0.103. The van der Waals surface area contributed by atoms with Gasteiger partial charge in [0.25, 0.3) is 0 Å². The van der Waals surface area contributed by atoms with E-state index in [1.807, 2.05) is 6.07 Å². The van der Waals surface area contributed by atoms with E-state index in [1.54, 1.807) is 12.1 Å². The maximum Gasteiger partial charge on any atom is 0.163 e. The van der Waals surface area contributed by atoms with Gasteiger partial charge in [-0.3, -0.25) is 9.69 Å². The van der Waals surface area contributed by atoms with Crippen LogP contribution in [-0.4, -0.2) is 48.5 Å². The fourth-order valence-corrected chi connectivity index (χ4v) is 2.64. The molecule has 0 bridgehead atoms. The van der Waals surface area contributed by atoms with Crippen LogP contribution in [0.3, 0.4) is 0 Å². The molecule has 1 unspecified atom stereocenters. The van der Waals surface area contributed by atoms with Crippen LogP contribution in [0.5, 0.6) is 5.75 Å². The van der Waals surface area contributed by atoms with Crippen LogP contribution >= 0.6 is 0 Å². The first-order valence-corrected chi connectivity index (χ1v) is 6.82. The van der Waals surface area contributed by atoms with E-state index in [0.717, 1.165) is 31.7 Å². The topological polar surface area (TPSA) is 43.8 Å². The molecule has 1 aromatic carbocycles. The number of hydrogen-bond donors (Lipinski definition) is 1. The Bertz CT molecular complexity index is 473.